The molecule has 2 rings (SSSR count). The molecular formula is C18H27ClN2O3. The van der Waals surface area contributed by atoms with Crippen LogP contribution in [0.2, 0.25) is 5.02 Å². The van der Waals surface area contributed by atoms with Gasteiger partial charge in [-0.3, -0.25) is 9.69 Å². The van der Waals surface area contributed by atoms with Crippen LogP contribution in [0.5, 0.6) is 11.5 Å². The van der Waals surface area contributed by atoms with Gasteiger partial charge in [-0.15, -0.1) is 0 Å². The molecule has 1 fully saturated rings. The van der Waals surface area contributed by atoms with Gasteiger partial charge in [0.05, 0.1) is 11.6 Å². The average molecular weight is 355 g/mol. The monoisotopic (exact) mass is 354 g/mol. The van der Waals surface area contributed by atoms with E-state index in [1.165, 1.54) is 31.4 Å². The van der Waals surface area contributed by atoms with Gasteiger partial charge in [0.2, 0.25) is 0 Å². The molecule has 1 aliphatic rings. The molecule has 1 aliphatic heterocycles. The highest BCUT2D eigenvalue weighted by molar-refractivity contribution is 6.32. The Morgan fingerprint density at radius 1 is 1.33 bits per heavy atom. The van der Waals surface area contributed by atoms with E-state index in [1.54, 1.807) is 6.92 Å². The van der Waals surface area contributed by atoms with Crippen LogP contribution in [0.4, 0.5) is 0 Å². The summed E-state index contributed by atoms with van der Waals surface area (Å²) in [6, 6.07) is 2.98. The molecule has 1 aromatic rings. The lowest BCUT2D eigenvalue weighted by Gasteiger charge is -2.41. The summed E-state index contributed by atoms with van der Waals surface area (Å²) in [5.41, 5.74) is 0.287. The number of rotatable bonds is 6. The molecule has 0 atom stereocenters. The molecule has 0 aliphatic carbocycles. The number of ether oxygens (including phenoxy) is 1. The summed E-state index contributed by atoms with van der Waals surface area (Å²) in [4.78, 5) is 14.9. The zero-order chi connectivity index (χ0) is 17.7. The first kappa shape index (κ1) is 18.9. The SMILES string of the molecule is CCOc1cc(C(=O)NCC(C)(C)N2CCCCC2)cc(Cl)c1O. The minimum atomic E-state index is -0.220. The van der Waals surface area contributed by atoms with Gasteiger partial charge in [0.25, 0.3) is 5.91 Å². The fraction of sp³-hybridized carbons (Fsp3) is 0.611. The van der Waals surface area contributed by atoms with Crippen LogP contribution in [-0.2, 0) is 0 Å². The van der Waals surface area contributed by atoms with Crippen molar-refractivity contribution < 1.29 is 14.6 Å². The number of piperidine rings is 1. The molecule has 0 spiro atoms. The van der Waals surface area contributed by atoms with E-state index in [1.807, 2.05) is 0 Å². The number of nitrogens with one attached hydrogen (secondary N) is 1. The summed E-state index contributed by atoms with van der Waals surface area (Å²) in [5, 5.41) is 13.0. The van der Waals surface area contributed by atoms with E-state index in [2.05, 4.69) is 24.1 Å². The Morgan fingerprint density at radius 2 is 2.00 bits per heavy atom. The normalized spacial score (nSPS) is 16.0. The summed E-state index contributed by atoms with van der Waals surface area (Å²) >= 11 is 5.99. The van der Waals surface area contributed by atoms with Gasteiger partial charge >= 0.3 is 0 Å². The lowest BCUT2D eigenvalue weighted by molar-refractivity contribution is 0.0797. The van der Waals surface area contributed by atoms with Crippen LogP contribution in [0, 0.1) is 0 Å². The molecule has 0 saturated carbocycles. The highest BCUT2D eigenvalue weighted by Gasteiger charge is 2.28. The van der Waals surface area contributed by atoms with Crippen molar-refractivity contribution in [1.29, 1.82) is 0 Å². The molecule has 0 radical (unpaired) electrons. The van der Waals surface area contributed by atoms with Crippen molar-refractivity contribution in [3.8, 4) is 11.5 Å². The van der Waals surface area contributed by atoms with Gasteiger partial charge in [-0.2, -0.15) is 0 Å². The highest BCUT2D eigenvalue weighted by Crippen LogP contribution is 2.35. The fourth-order valence-corrected chi connectivity index (χ4v) is 3.19. The Hall–Kier alpha value is -1.46. The number of halogens is 1. The first-order chi connectivity index (χ1) is 11.3. The second-order valence-corrected chi connectivity index (χ2v) is 7.19. The number of hydrogen-bond donors (Lipinski definition) is 2. The maximum absolute atomic E-state index is 12.5. The van der Waals surface area contributed by atoms with Crippen LogP contribution in [0.25, 0.3) is 0 Å². The summed E-state index contributed by atoms with van der Waals surface area (Å²) in [6.45, 7) is 9.18. The van der Waals surface area contributed by atoms with Crippen LogP contribution in [0.1, 0.15) is 50.4 Å². The number of carbonyl (C=O) groups is 1. The Labute approximate surface area is 148 Å². The molecule has 1 aromatic carbocycles. The van der Waals surface area contributed by atoms with Gasteiger partial charge in [0, 0.05) is 17.6 Å². The van der Waals surface area contributed by atoms with Crippen molar-refractivity contribution in [2.24, 2.45) is 0 Å². The lowest BCUT2D eigenvalue weighted by atomic mass is 9.98. The minimum Gasteiger partial charge on any atom is -0.503 e. The third-order valence-corrected chi connectivity index (χ3v) is 4.77. The molecule has 1 amide bonds. The zero-order valence-electron chi connectivity index (χ0n) is 14.7. The maximum Gasteiger partial charge on any atom is 0.251 e. The van der Waals surface area contributed by atoms with Gasteiger partial charge in [0.1, 0.15) is 0 Å². The van der Waals surface area contributed by atoms with Crippen LogP contribution in [0.15, 0.2) is 12.1 Å². The largest absolute Gasteiger partial charge is 0.503 e. The van der Waals surface area contributed by atoms with Crippen molar-refractivity contribution in [1.82, 2.24) is 10.2 Å². The summed E-state index contributed by atoms with van der Waals surface area (Å²) < 4.78 is 5.33. The molecule has 1 heterocycles. The van der Waals surface area contributed by atoms with E-state index in [-0.39, 0.29) is 28.0 Å². The smallest absolute Gasteiger partial charge is 0.251 e. The Bertz CT molecular complexity index is 584. The van der Waals surface area contributed by atoms with Gasteiger partial charge in [-0.25, -0.2) is 0 Å². The third kappa shape index (κ3) is 4.54. The quantitative estimate of drug-likeness (QED) is 0.821. The van der Waals surface area contributed by atoms with E-state index >= 15 is 0 Å². The molecule has 6 heteroatoms. The third-order valence-electron chi connectivity index (χ3n) is 4.48. The number of benzene rings is 1. The molecule has 0 aromatic heterocycles. The zero-order valence-corrected chi connectivity index (χ0v) is 15.4. The number of phenols is 1. The molecule has 0 bridgehead atoms. The Balaban J connectivity index is 2.04. The minimum absolute atomic E-state index is 0.0977. The summed E-state index contributed by atoms with van der Waals surface area (Å²) in [5.74, 6) is -0.128. The van der Waals surface area contributed by atoms with Gasteiger partial charge in [-0.05, 0) is 58.8 Å². The topological polar surface area (TPSA) is 61.8 Å². The lowest BCUT2D eigenvalue weighted by Crippen LogP contribution is -2.53. The first-order valence-corrected chi connectivity index (χ1v) is 8.91. The van der Waals surface area contributed by atoms with Crippen LogP contribution >= 0.6 is 11.6 Å². The molecule has 2 N–H and O–H groups in total. The number of hydrogen-bond acceptors (Lipinski definition) is 4. The molecule has 1 saturated heterocycles. The predicted octanol–water partition coefficient (Wildman–Crippen LogP) is 3.44. The number of aromatic hydroxyl groups is 1. The summed E-state index contributed by atoms with van der Waals surface area (Å²) in [7, 11) is 0. The maximum atomic E-state index is 12.5. The Morgan fingerprint density at radius 3 is 2.62 bits per heavy atom. The van der Waals surface area contributed by atoms with E-state index in [4.69, 9.17) is 16.3 Å². The number of phenolic OH excluding ortho intramolecular Hbond substituents is 1. The number of likely N-dealkylation sites (tertiary alicyclic amines) is 1. The molecular weight excluding hydrogens is 328 g/mol. The van der Waals surface area contributed by atoms with Crippen molar-refractivity contribution in [2.45, 2.75) is 45.6 Å². The van der Waals surface area contributed by atoms with E-state index < -0.39 is 0 Å². The molecule has 24 heavy (non-hydrogen) atoms. The van der Waals surface area contributed by atoms with Crippen molar-refractivity contribution >= 4 is 17.5 Å². The highest BCUT2D eigenvalue weighted by atomic mass is 35.5. The van der Waals surface area contributed by atoms with E-state index in [0.29, 0.717) is 18.7 Å². The second-order valence-electron chi connectivity index (χ2n) is 6.78. The van der Waals surface area contributed by atoms with Crippen molar-refractivity contribution in [3.05, 3.63) is 22.7 Å². The van der Waals surface area contributed by atoms with E-state index in [0.717, 1.165) is 13.1 Å². The van der Waals surface area contributed by atoms with E-state index in [9.17, 15) is 9.90 Å². The van der Waals surface area contributed by atoms with Gasteiger partial charge in [0.15, 0.2) is 11.5 Å². The van der Waals surface area contributed by atoms with Crippen LogP contribution in [0.3, 0.4) is 0 Å². The second kappa shape index (κ2) is 8.08. The number of nitrogens with zero attached hydrogens (tertiary/aromatic N) is 1. The van der Waals surface area contributed by atoms with Crippen LogP contribution in [-0.4, -0.2) is 47.7 Å². The van der Waals surface area contributed by atoms with Crippen LogP contribution < -0.4 is 10.1 Å². The number of carbonyl (C=O) groups excluding carboxylic acids is 1. The number of amides is 1. The predicted molar refractivity (Wildman–Crippen MR) is 96.1 cm³/mol. The standard InChI is InChI=1S/C18H27ClN2O3/c1-4-24-15-11-13(10-14(19)16(15)22)17(23)20-12-18(2,3)21-8-6-5-7-9-21/h10-11,22H,4-9,12H2,1-3H3,(H,20,23). The molecule has 0 unspecified atom stereocenters. The first-order valence-electron chi connectivity index (χ1n) is 8.53. The van der Waals surface area contributed by atoms with Gasteiger partial charge < -0.3 is 15.2 Å². The summed E-state index contributed by atoms with van der Waals surface area (Å²) in [6.07, 6.45) is 3.70. The van der Waals surface area contributed by atoms with Crippen molar-refractivity contribution in [3.63, 3.8) is 0 Å². The Kier molecular flexibility index (Phi) is 6.35. The fourth-order valence-electron chi connectivity index (χ4n) is 2.98. The molecule has 5 nitrogen and oxygen atoms in total. The van der Waals surface area contributed by atoms with Gasteiger partial charge in [-0.1, -0.05) is 18.0 Å². The average Bonchev–Trinajstić information content (AvgIpc) is 2.57. The molecule has 134 valence electrons. The van der Waals surface area contributed by atoms with Crippen molar-refractivity contribution in [2.75, 3.05) is 26.2 Å².